The molecule has 70 valence electrons. The molecule has 0 aliphatic carbocycles. The molecule has 1 aromatic carbocycles. The fraction of sp³-hybridized carbons (Fsp3) is 0.400. The first kappa shape index (κ1) is 8.66. The highest BCUT2D eigenvalue weighted by molar-refractivity contribution is 5.16. The second-order valence-electron chi connectivity index (χ2n) is 3.28. The van der Waals surface area contributed by atoms with Crippen LogP contribution < -0.4 is 5.54 Å². The zero-order valence-electron chi connectivity index (χ0n) is 7.24. The molecule has 1 aromatic rings. The summed E-state index contributed by atoms with van der Waals surface area (Å²) in [6.45, 7) is 0.675. The lowest BCUT2D eigenvalue weighted by atomic mass is 10.0. The molecule has 0 bridgehead atoms. The van der Waals surface area contributed by atoms with Gasteiger partial charge in [-0.1, -0.05) is 30.3 Å². The van der Waals surface area contributed by atoms with Gasteiger partial charge in [-0.3, -0.25) is 0 Å². The Bertz CT molecular complexity index is 261. The minimum atomic E-state index is -0.192. The molecule has 0 saturated carbocycles. The van der Waals surface area contributed by atoms with Crippen molar-refractivity contribution in [1.82, 2.24) is 5.54 Å². The van der Waals surface area contributed by atoms with E-state index in [0.717, 1.165) is 5.56 Å². The summed E-state index contributed by atoms with van der Waals surface area (Å²) < 4.78 is 17.3. The number of hydrogen-bond donors (Lipinski definition) is 1. The Morgan fingerprint density at radius 2 is 2.15 bits per heavy atom. The Morgan fingerprint density at radius 1 is 1.46 bits per heavy atom. The zero-order valence-corrected chi connectivity index (χ0v) is 7.24. The Hall–Kier alpha value is -0.930. The number of epoxide rings is 1. The van der Waals surface area contributed by atoms with Crippen molar-refractivity contribution < 1.29 is 9.22 Å². The third-order valence-corrected chi connectivity index (χ3v) is 2.25. The van der Waals surface area contributed by atoms with Crippen LogP contribution in [0.5, 0.6) is 0 Å². The SMILES string of the molecule is FN[C@@H](Cc1ccccc1)[C@@H]1CO1. The highest BCUT2D eigenvalue weighted by Gasteiger charge is 2.32. The second kappa shape index (κ2) is 3.85. The number of halogens is 1. The first-order valence-corrected chi connectivity index (χ1v) is 4.42. The van der Waals surface area contributed by atoms with Crippen molar-refractivity contribution in [3.05, 3.63) is 35.9 Å². The second-order valence-corrected chi connectivity index (χ2v) is 3.28. The van der Waals surface area contributed by atoms with E-state index in [-0.39, 0.29) is 12.1 Å². The molecule has 0 unspecified atom stereocenters. The molecule has 1 heterocycles. The molecule has 2 nitrogen and oxygen atoms in total. The molecule has 0 radical (unpaired) electrons. The van der Waals surface area contributed by atoms with E-state index in [4.69, 9.17) is 4.74 Å². The molecular weight excluding hydrogens is 169 g/mol. The van der Waals surface area contributed by atoms with Crippen LogP contribution in [0, 0.1) is 0 Å². The largest absolute Gasteiger partial charge is 0.371 e. The minimum absolute atomic E-state index is 0.0604. The Morgan fingerprint density at radius 3 is 2.69 bits per heavy atom. The van der Waals surface area contributed by atoms with Gasteiger partial charge in [0.05, 0.1) is 18.8 Å². The van der Waals surface area contributed by atoms with Gasteiger partial charge in [0.1, 0.15) is 0 Å². The van der Waals surface area contributed by atoms with Gasteiger partial charge in [-0.05, 0) is 12.0 Å². The Kier molecular flexibility index (Phi) is 2.57. The van der Waals surface area contributed by atoms with Gasteiger partial charge in [-0.25, -0.2) is 0 Å². The van der Waals surface area contributed by atoms with Crippen LogP contribution in [-0.4, -0.2) is 18.8 Å². The summed E-state index contributed by atoms with van der Waals surface area (Å²) in [5, 5.41) is 0. The fourth-order valence-electron chi connectivity index (χ4n) is 1.40. The summed E-state index contributed by atoms with van der Waals surface area (Å²) in [4.78, 5) is 0. The lowest BCUT2D eigenvalue weighted by Crippen LogP contribution is -2.30. The average Bonchev–Trinajstić information content (AvgIpc) is 2.99. The van der Waals surface area contributed by atoms with Crippen molar-refractivity contribution in [1.29, 1.82) is 0 Å². The number of ether oxygens (including phenoxy) is 1. The van der Waals surface area contributed by atoms with Gasteiger partial charge in [0.15, 0.2) is 0 Å². The summed E-state index contributed by atoms with van der Waals surface area (Å²) in [6, 6.07) is 9.66. The predicted molar refractivity (Wildman–Crippen MR) is 47.9 cm³/mol. The molecule has 2 rings (SSSR count). The molecular formula is C10H12FNO. The molecule has 1 fully saturated rings. The molecule has 1 aliphatic rings. The number of rotatable bonds is 4. The minimum Gasteiger partial charge on any atom is -0.371 e. The molecule has 1 saturated heterocycles. The summed E-state index contributed by atoms with van der Waals surface area (Å²) >= 11 is 0. The van der Waals surface area contributed by atoms with Gasteiger partial charge in [0.25, 0.3) is 0 Å². The molecule has 13 heavy (non-hydrogen) atoms. The van der Waals surface area contributed by atoms with E-state index in [1.54, 1.807) is 5.54 Å². The highest BCUT2D eigenvalue weighted by Crippen LogP contribution is 2.17. The molecule has 0 amide bonds. The summed E-state index contributed by atoms with van der Waals surface area (Å²) in [7, 11) is 0. The maximum absolute atomic E-state index is 12.3. The van der Waals surface area contributed by atoms with Crippen molar-refractivity contribution in [2.24, 2.45) is 0 Å². The monoisotopic (exact) mass is 181 g/mol. The molecule has 1 aliphatic heterocycles. The van der Waals surface area contributed by atoms with Crippen LogP contribution in [0.2, 0.25) is 0 Å². The first-order valence-electron chi connectivity index (χ1n) is 4.42. The van der Waals surface area contributed by atoms with Crippen LogP contribution in [0.15, 0.2) is 30.3 Å². The van der Waals surface area contributed by atoms with Crippen LogP contribution in [0.4, 0.5) is 4.48 Å². The topological polar surface area (TPSA) is 24.6 Å². The number of hydrogen-bond acceptors (Lipinski definition) is 2. The van der Waals surface area contributed by atoms with Gasteiger partial charge in [-0.15, -0.1) is 4.48 Å². The molecule has 0 spiro atoms. The summed E-state index contributed by atoms with van der Waals surface area (Å²) in [6.07, 6.45) is 0.743. The molecule has 2 atom stereocenters. The standard InChI is InChI=1S/C10H12FNO/c11-12-9(10-7-13-10)6-8-4-2-1-3-5-8/h1-5,9-10,12H,6-7H2/t9-,10-/m0/s1. The van der Waals surface area contributed by atoms with Crippen molar-refractivity contribution in [3.63, 3.8) is 0 Å². The van der Waals surface area contributed by atoms with Crippen molar-refractivity contribution in [2.75, 3.05) is 6.61 Å². The zero-order chi connectivity index (χ0) is 9.10. The number of benzene rings is 1. The molecule has 0 aromatic heterocycles. The number of nitrogens with one attached hydrogen (secondary N) is 1. The molecule has 3 heteroatoms. The van der Waals surface area contributed by atoms with Crippen molar-refractivity contribution in [3.8, 4) is 0 Å². The summed E-state index contributed by atoms with van der Waals surface area (Å²) in [5.41, 5.74) is 2.92. The fourth-order valence-corrected chi connectivity index (χ4v) is 1.40. The van der Waals surface area contributed by atoms with Gasteiger partial charge in [-0.2, -0.15) is 5.54 Å². The van der Waals surface area contributed by atoms with E-state index < -0.39 is 0 Å². The van der Waals surface area contributed by atoms with Gasteiger partial charge < -0.3 is 4.74 Å². The highest BCUT2D eigenvalue weighted by atomic mass is 19.2. The van der Waals surface area contributed by atoms with E-state index >= 15 is 0 Å². The Balaban J connectivity index is 1.95. The molecule has 1 N–H and O–H groups in total. The van der Waals surface area contributed by atoms with Crippen molar-refractivity contribution >= 4 is 0 Å². The van der Waals surface area contributed by atoms with Gasteiger partial charge in [0.2, 0.25) is 0 Å². The van der Waals surface area contributed by atoms with Crippen molar-refractivity contribution in [2.45, 2.75) is 18.6 Å². The quantitative estimate of drug-likeness (QED) is 0.562. The lowest BCUT2D eigenvalue weighted by Gasteiger charge is -2.09. The smallest absolute Gasteiger partial charge is 0.0991 e. The maximum Gasteiger partial charge on any atom is 0.0991 e. The predicted octanol–water partition coefficient (Wildman–Crippen LogP) is 1.47. The van der Waals surface area contributed by atoms with Crippen LogP contribution in [0.1, 0.15) is 5.56 Å². The van der Waals surface area contributed by atoms with Crippen LogP contribution in [-0.2, 0) is 11.2 Å². The third kappa shape index (κ3) is 2.26. The normalized spacial score (nSPS) is 22.7. The van der Waals surface area contributed by atoms with Gasteiger partial charge >= 0.3 is 0 Å². The van der Waals surface area contributed by atoms with E-state index in [1.807, 2.05) is 30.3 Å². The van der Waals surface area contributed by atoms with Crippen LogP contribution >= 0.6 is 0 Å². The first-order chi connectivity index (χ1) is 6.40. The third-order valence-electron chi connectivity index (χ3n) is 2.25. The van der Waals surface area contributed by atoms with E-state index in [2.05, 4.69) is 0 Å². The lowest BCUT2D eigenvalue weighted by molar-refractivity contribution is 0.226. The van der Waals surface area contributed by atoms with E-state index in [9.17, 15) is 4.48 Å². The van der Waals surface area contributed by atoms with E-state index in [1.165, 1.54) is 0 Å². The van der Waals surface area contributed by atoms with Crippen LogP contribution in [0.3, 0.4) is 0 Å². The van der Waals surface area contributed by atoms with Gasteiger partial charge in [0, 0.05) is 0 Å². The maximum atomic E-state index is 12.3. The summed E-state index contributed by atoms with van der Waals surface area (Å²) in [5.74, 6) is 0. The van der Waals surface area contributed by atoms with E-state index in [0.29, 0.717) is 13.0 Å². The Labute approximate surface area is 76.6 Å². The van der Waals surface area contributed by atoms with Crippen LogP contribution in [0.25, 0.3) is 0 Å². The average molecular weight is 181 g/mol.